The lowest BCUT2D eigenvalue weighted by Gasteiger charge is -2.28. The van der Waals surface area contributed by atoms with Crippen LogP contribution in [0.5, 0.6) is 0 Å². The largest absolute Gasteiger partial charge is 0.416 e. The Morgan fingerprint density at radius 2 is 1.86 bits per heavy atom. The molecule has 120 valence electrons. The van der Waals surface area contributed by atoms with Gasteiger partial charge in [-0.05, 0) is 68.2 Å². The van der Waals surface area contributed by atoms with Gasteiger partial charge in [-0.3, -0.25) is 4.79 Å². The summed E-state index contributed by atoms with van der Waals surface area (Å²) in [4.78, 5) is 12.2. The zero-order valence-corrected chi connectivity index (χ0v) is 12.5. The van der Waals surface area contributed by atoms with E-state index in [9.17, 15) is 18.0 Å². The highest BCUT2D eigenvalue weighted by atomic mass is 19.4. The van der Waals surface area contributed by atoms with E-state index in [2.05, 4.69) is 5.32 Å². The van der Waals surface area contributed by atoms with Gasteiger partial charge in [0.25, 0.3) is 5.91 Å². The molecule has 5 heteroatoms. The second-order valence-corrected chi connectivity index (χ2v) is 6.68. The third-order valence-electron chi connectivity index (χ3n) is 5.27. The number of carbonyl (C=O) groups excluding carboxylic acids is 1. The summed E-state index contributed by atoms with van der Waals surface area (Å²) in [6, 6.07) is 4.47. The molecular weight excluding hydrogens is 291 g/mol. The van der Waals surface area contributed by atoms with Crippen molar-refractivity contribution in [2.75, 3.05) is 0 Å². The summed E-state index contributed by atoms with van der Waals surface area (Å²) in [5.74, 6) is 1.73. The molecule has 1 aromatic rings. The SMILES string of the molecule is CC(NC(=O)c1ccc(C(F)(F)F)cc1)C1CC2CCC1C2. The van der Waals surface area contributed by atoms with Crippen molar-refractivity contribution in [2.45, 2.75) is 44.8 Å². The van der Waals surface area contributed by atoms with Gasteiger partial charge in [-0.2, -0.15) is 13.2 Å². The number of nitrogens with one attached hydrogen (secondary N) is 1. The first kappa shape index (κ1) is 15.4. The second-order valence-electron chi connectivity index (χ2n) is 6.68. The standard InChI is InChI=1S/C17H20F3NO/c1-10(15-9-11-2-3-13(15)8-11)21-16(22)12-4-6-14(7-5-12)17(18,19)20/h4-7,10-11,13,15H,2-3,8-9H2,1H3,(H,21,22). The van der Waals surface area contributed by atoms with E-state index in [4.69, 9.17) is 0 Å². The van der Waals surface area contributed by atoms with E-state index in [1.807, 2.05) is 6.92 Å². The maximum Gasteiger partial charge on any atom is 0.416 e. The van der Waals surface area contributed by atoms with E-state index in [0.717, 1.165) is 18.1 Å². The Labute approximate surface area is 128 Å². The summed E-state index contributed by atoms with van der Waals surface area (Å²) in [5, 5.41) is 2.96. The van der Waals surface area contributed by atoms with Crippen LogP contribution in [-0.4, -0.2) is 11.9 Å². The first-order valence-electron chi connectivity index (χ1n) is 7.82. The van der Waals surface area contributed by atoms with Gasteiger partial charge in [-0.15, -0.1) is 0 Å². The highest BCUT2D eigenvalue weighted by Crippen LogP contribution is 2.49. The lowest BCUT2D eigenvalue weighted by Crippen LogP contribution is -2.40. The van der Waals surface area contributed by atoms with E-state index in [-0.39, 0.29) is 17.5 Å². The van der Waals surface area contributed by atoms with Crippen LogP contribution in [0.1, 0.15) is 48.5 Å². The number of hydrogen-bond acceptors (Lipinski definition) is 1. The highest BCUT2D eigenvalue weighted by molar-refractivity contribution is 5.94. The Balaban J connectivity index is 1.62. The molecule has 3 rings (SSSR count). The molecule has 0 heterocycles. The molecule has 4 atom stereocenters. The van der Waals surface area contributed by atoms with E-state index >= 15 is 0 Å². The lowest BCUT2D eigenvalue weighted by atomic mass is 9.84. The summed E-state index contributed by atoms with van der Waals surface area (Å²) in [6.45, 7) is 2.01. The van der Waals surface area contributed by atoms with Crippen molar-refractivity contribution in [1.82, 2.24) is 5.32 Å². The molecule has 2 saturated carbocycles. The van der Waals surface area contributed by atoms with Crippen molar-refractivity contribution in [3.05, 3.63) is 35.4 Å². The number of benzene rings is 1. The van der Waals surface area contributed by atoms with Crippen molar-refractivity contribution in [3.8, 4) is 0 Å². The lowest BCUT2D eigenvalue weighted by molar-refractivity contribution is -0.137. The molecule has 4 unspecified atom stereocenters. The number of halogens is 3. The number of amides is 1. The van der Waals surface area contributed by atoms with Crippen LogP contribution in [-0.2, 0) is 6.18 Å². The maximum absolute atomic E-state index is 12.5. The van der Waals surface area contributed by atoms with Crippen LogP contribution in [0.25, 0.3) is 0 Å². The molecule has 0 spiro atoms. The van der Waals surface area contributed by atoms with Crippen LogP contribution in [0.4, 0.5) is 13.2 Å². The zero-order chi connectivity index (χ0) is 15.9. The number of hydrogen-bond donors (Lipinski definition) is 1. The van der Waals surface area contributed by atoms with Crippen molar-refractivity contribution in [2.24, 2.45) is 17.8 Å². The van der Waals surface area contributed by atoms with E-state index in [1.165, 1.54) is 37.8 Å². The minimum Gasteiger partial charge on any atom is -0.349 e. The first-order chi connectivity index (χ1) is 10.3. The number of carbonyl (C=O) groups is 1. The molecule has 1 amide bonds. The Morgan fingerprint density at radius 1 is 1.18 bits per heavy atom. The molecule has 0 aromatic heterocycles. The van der Waals surface area contributed by atoms with E-state index in [1.54, 1.807) is 0 Å². The summed E-state index contributed by atoms with van der Waals surface area (Å²) >= 11 is 0. The Morgan fingerprint density at radius 3 is 2.36 bits per heavy atom. The van der Waals surface area contributed by atoms with Crippen LogP contribution >= 0.6 is 0 Å². The fourth-order valence-electron chi connectivity index (χ4n) is 4.11. The number of alkyl halides is 3. The van der Waals surface area contributed by atoms with Gasteiger partial charge in [0.1, 0.15) is 0 Å². The van der Waals surface area contributed by atoms with Crippen LogP contribution in [0.3, 0.4) is 0 Å². The van der Waals surface area contributed by atoms with Gasteiger partial charge in [-0.25, -0.2) is 0 Å². The monoisotopic (exact) mass is 311 g/mol. The second kappa shape index (κ2) is 5.60. The predicted octanol–water partition coefficient (Wildman–Crippen LogP) is 4.26. The van der Waals surface area contributed by atoms with Gasteiger partial charge in [0, 0.05) is 11.6 Å². The third-order valence-corrected chi connectivity index (χ3v) is 5.27. The molecular formula is C17H20F3NO. The van der Waals surface area contributed by atoms with Gasteiger partial charge in [0.15, 0.2) is 0 Å². The van der Waals surface area contributed by atoms with Crippen molar-refractivity contribution < 1.29 is 18.0 Å². The molecule has 0 saturated heterocycles. The molecule has 1 aromatic carbocycles. The Kier molecular flexibility index (Phi) is 3.91. The Bertz CT molecular complexity index is 552. The number of fused-ring (bicyclic) bond motifs is 2. The summed E-state index contributed by atoms with van der Waals surface area (Å²) in [7, 11) is 0. The fraction of sp³-hybridized carbons (Fsp3) is 0.588. The smallest absolute Gasteiger partial charge is 0.349 e. The van der Waals surface area contributed by atoms with Gasteiger partial charge in [-0.1, -0.05) is 6.42 Å². The van der Waals surface area contributed by atoms with E-state index in [0.29, 0.717) is 11.8 Å². The van der Waals surface area contributed by atoms with Gasteiger partial charge in [0.05, 0.1) is 5.56 Å². The van der Waals surface area contributed by atoms with Crippen LogP contribution in [0.15, 0.2) is 24.3 Å². The minimum atomic E-state index is -4.37. The van der Waals surface area contributed by atoms with Gasteiger partial charge < -0.3 is 5.32 Å². The van der Waals surface area contributed by atoms with Gasteiger partial charge in [0.2, 0.25) is 0 Å². The Hall–Kier alpha value is -1.52. The summed E-state index contributed by atoms with van der Waals surface area (Å²) in [6.07, 6.45) is 0.617. The van der Waals surface area contributed by atoms with Crippen molar-refractivity contribution in [3.63, 3.8) is 0 Å². The third kappa shape index (κ3) is 2.99. The zero-order valence-electron chi connectivity index (χ0n) is 12.5. The van der Waals surface area contributed by atoms with Crippen molar-refractivity contribution in [1.29, 1.82) is 0 Å². The van der Waals surface area contributed by atoms with E-state index < -0.39 is 11.7 Å². The van der Waals surface area contributed by atoms with Crippen LogP contribution in [0.2, 0.25) is 0 Å². The van der Waals surface area contributed by atoms with Crippen LogP contribution in [0, 0.1) is 17.8 Å². The molecule has 0 radical (unpaired) electrons. The first-order valence-corrected chi connectivity index (χ1v) is 7.82. The maximum atomic E-state index is 12.5. The predicted molar refractivity (Wildman–Crippen MR) is 77.3 cm³/mol. The van der Waals surface area contributed by atoms with Crippen LogP contribution < -0.4 is 5.32 Å². The average molecular weight is 311 g/mol. The molecule has 2 fully saturated rings. The highest BCUT2D eigenvalue weighted by Gasteiger charge is 2.42. The normalized spacial score (nSPS) is 28.6. The topological polar surface area (TPSA) is 29.1 Å². The van der Waals surface area contributed by atoms with Crippen molar-refractivity contribution >= 4 is 5.91 Å². The summed E-state index contributed by atoms with van der Waals surface area (Å²) < 4.78 is 37.6. The quantitative estimate of drug-likeness (QED) is 0.888. The molecule has 2 aliphatic carbocycles. The fourth-order valence-corrected chi connectivity index (χ4v) is 4.11. The molecule has 0 aliphatic heterocycles. The molecule has 1 N–H and O–H groups in total. The summed E-state index contributed by atoms with van der Waals surface area (Å²) in [5.41, 5.74) is -0.451. The minimum absolute atomic E-state index is 0.0742. The molecule has 2 aliphatic rings. The average Bonchev–Trinajstić information content (AvgIpc) is 3.09. The molecule has 22 heavy (non-hydrogen) atoms. The van der Waals surface area contributed by atoms with Gasteiger partial charge >= 0.3 is 6.18 Å². The molecule has 2 nitrogen and oxygen atoms in total. The number of rotatable bonds is 3. The molecule has 2 bridgehead atoms.